The third kappa shape index (κ3) is 3.08. The Morgan fingerprint density at radius 3 is 2.50 bits per heavy atom. The second kappa shape index (κ2) is 5.82. The van der Waals surface area contributed by atoms with Gasteiger partial charge in [-0.3, -0.25) is 0 Å². The molecule has 1 N–H and O–H groups in total. The molecule has 0 atom stereocenters. The summed E-state index contributed by atoms with van der Waals surface area (Å²) < 4.78 is 8.06. The average Bonchev–Trinajstić information content (AvgIpc) is 2.73. The molecule has 2 rings (SSSR count). The summed E-state index contributed by atoms with van der Waals surface area (Å²) in [6.45, 7) is 3.28. The molecular weight excluding hydrogens is 242 g/mol. The van der Waals surface area contributed by atoms with Gasteiger partial charge in [0.1, 0.15) is 0 Å². The molecule has 3 nitrogen and oxygen atoms in total. The number of nitrogens with zero attached hydrogens (tertiary/aromatic N) is 2. The van der Waals surface area contributed by atoms with Crippen molar-refractivity contribution >= 4 is 29.1 Å². The topological polar surface area (TPSA) is 37.8 Å². The van der Waals surface area contributed by atoms with E-state index in [0.717, 1.165) is 35.9 Å². The predicted molar refractivity (Wildman–Crippen MR) is 69.1 cm³/mol. The lowest BCUT2D eigenvalue weighted by Gasteiger charge is -2.27. The average molecular weight is 260 g/mol. The first-order chi connectivity index (χ1) is 7.79. The van der Waals surface area contributed by atoms with Gasteiger partial charge in [0, 0.05) is 6.54 Å². The Labute approximate surface area is 106 Å². The minimum atomic E-state index is 0.507. The van der Waals surface area contributed by atoms with Crippen molar-refractivity contribution in [2.75, 3.05) is 11.9 Å². The van der Waals surface area contributed by atoms with Crippen molar-refractivity contribution in [3.05, 3.63) is 5.15 Å². The lowest BCUT2D eigenvalue weighted by atomic mass is 9.81. The van der Waals surface area contributed by atoms with Crippen LogP contribution in [0.25, 0.3) is 0 Å². The van der Waals surface area contributed by atoms with Gasteiger partial charge >= 0.3 is 0 Å². The fourth-order valence-electron chi connectivity index (χ4n) is 2.37. The summed E-state index contributed by atoms with van der Waals surface area (Å²) in [6.07, 6.45) is 6.77. The van der Waals surface area contributed by atoms with Crippen LogP contribution in [0.4, 0.5) is 5.82 Å². The monoisotopic (exact) mass is 259 g/mol. The summed E-state index contributed by atoms with van der Waals surface area (Å²) in [7, 11) is 0. The molecule has 0 amide bonds. The van der Waals surface area contributed by atoms with Crippen molar-refractivity contribution in [2.24, 2.45) is 11.8 Å². The molecule has 0 saturated heterocycles. The molecule has 0 radical (unpaired) electrons. The number of nitrogens with one attached hydrogen (secondary N) is 1. The highest BCUT2D eigenvalue weighted by Crippen LogP contribution is 2.31. The molecule has 1 aromatic heterocycles. The van der Waals surface area contributed by atoms with Crippen LogP contribution in [-0.4, -0.2) is 15.3 Å². The highest BCUT2D eigenvalue weighted by atomic mass is 35.5. The quantitative estimate of drug-likeness (QED) is 0.893. The molecule has 0 aromatic carbocycles. The summed E-state index contributed by atoms with van der Waals surface area (Å²) >= 11 is 7.04. The first-order valence-electron chi connectivity index (χ1n) is 6.01. The van der Waals surface area contributed by atoms with E-state index in [1.54, 1.807) is 0 Å². The van der Waals surface area contributed by atoms with E-state index in [-0.39, 0.29) is 0 Å². The van der Waals surface area contributed by atoms with Crippen LogP contribution in [0.2, 0.25) is 5.15 Å². The largest absolute Gasteiger partial charge is 0.366 e. The molecule has 16 heavy (non-hydrogen) atoms. The maximum Gasteiger partial charge on any atom is 0.186 e. The van der Waals surface area contributed by atoms with Gasteiger partial charge in [-0.2, -0.15) is 8.75 Å². The molecule has 1 fully saturated rings. The van der Waals surface area contributed by atoms with Crippen LogP contribution in [0.3, 0.4) is 0 Å². The SMILES string of the molecule is CCC1CCC(CNc2nsnc2Cl)CC1. The van der Waals surface area contributed by atoms with Crippen LogP contribution in [0.15, 0.2) is 0 Å². The Bertz CT molecular complexity index is 321. The van der Waals surface area contributed by atoms with E-state index in [4.69, 9.17) is 11.6 Å². The summed E-state index contributed by atoms with van der Waals surface area (Å²) in [6, 6.07) is 0. The van der Waals surface area contributed by atoms with Gasteiger partial charge in [-0.15, -0.1) is 0 Å². The van der Waals surface area contributed by atoms with Gasteiger partial charge < -0.3 is 5.32 Å². The molecule has 90 valence electrons. The van der Waals surface area contributed by atoms with E-state index in [2.05, 4.69) is 21.0 Å². The summed E-state index contributed by atoms with van der Waals surface area (Å²) in [5.41, 5.74) is 0. The van der Waals surface area contributed by atoms with Gasteiger partial charge in [-0.05, 0) is 24.7 Å². The third-order valence-corrected chi connectivity index (χ3v) is 4.44. The van der Waals surface area contributed by atoms with Gasteiger partial charge in [0.25, 0.3) is 0 Å². The standard InChI is InChI=1S/C11H18ClN3S/c1-2-8-3-5-9(6-4-8)7-13-11-10(12)14-16-15-11/h8-9H,2-7H2,1H3,(H,13,15). The first-order valence-corrected chi connectivity index (χ1v) is 7.12. The lowest BCUT2D eigenvalue weighted by molar-refractivity contribution is 0.278. The Kier molecular flexibility index (Phi) is 4.41. The molecule has 0 unspecified atom stereocenters. The Morgan fingerprint density at radius 2 is 1.94 bits per heavy atom. The minimum absolute atomic E-state index is 0.507. The second-order valence-electron chi connectivity index (χ2n) is 4.58. The maximum atomic E-state index is 5.88. The van der Waals surface area contributed by atoms with Gasteiger partial charge in [0.15, 0.2) is 11.0 Å². The third-order valence-electron chi connectivity index (χ3n) is 3.55. The summed E-state index contributed by atoms with van der Waals surface area (Å²) in [5, 5.41) is 3.81. The fraction of sp³-hybridized carbons (Fsp3) is 0.818. The van der Waals surface area contributed by atoms with Crippen molar-refractivity contribution in [3.8, 4) is 0 Å². The van der Waals surface area contributed by atoms with Gasteiger partial charge in [-0.25, -0.2) is 0 Å². The van der Waals surface area contributed by atoms with Crippen molar-refractivity contribution in [1.82, 2.24) is 8.75 Å². The van der Waals surface area contributed by atoms with E-state index in [1.807, 2.05) is 0 Å². The van der Waals surface area contributed by atoms with Gasteiger partial charge in [0.2, 0.25) is 0 Å². The smallest absolute Gasteiger partial charge is 0.186 e. The Hall–Kier alpha value is -0.350. The Morgan fingerprint density at radius 1 is 1.25 bits per heavy atom. The van der Waals surface area contributed by atoms with E-state index in [0.29, 0.717) is 5.15 Å². The highest BCUT2D eigenvalue weighted by Gasteiger charge is 2.20. The van der Waals surface area contributed by atoms with Gasteiger partial charge in [-0.1, -0.05) is 37.8 Å². The maximum absolute atomic E-state index is 5.88. The zero-order chi connectivity index (χ0) is 11.4. The van der Waals surface area contributed by atoms with Crippen molar-refractivity contribution < 1.29 is 0 Å². The number of hydrogen-bond donors (Lipinski definition) is 1. The van der Waals surface area contributed by atoms with Crippen LogP contribution >= 0.6 is 23.3 Å². The van der Waals surface area contributed by atoms with Crippen molar-refractivity contribution in [3.63, 3.8) is 0 Å². The van der Waals surface area contributed by atoms with Crippen LogP contribution in [0, 0.1) is 11.8 Å². The van der Waals surface area contributed by atoms with Crippen LogP contribution in [-0.2, 0) is 0 Å². The van der Waals surface area contributed by atoms with Crippen LogP contribution < -0.4 is 5.32 Å². The molecule has 1 saturated carbocycles. The van der Waals surface area contributed by atoms with E-state index >= 15 is 0 Å². The molecule has 0 bridgehead atoms. The Balaban J connectivity index is 1.73. The lowest BCUT2D eigenvalue weighted by Crippen LogP contribution is -2.21. The van der Waals surface area contributed by atoms with Crippen LogP contribution in [0.5, 0.6) is 0 Å². The summed E-state index contributed by atoms with van der Waals surface area (Å²) in [5.74, 6) is 2.49. The highest BCUT2D eigenvalue weighted by molar-refractivity contribution is 6.99. The van der Waals surface area contributed by atoms with E-state index < -0.39 is 0 Å². The van der Waals surface area contributed by atoms with Crippen molar-refractivity contribution in [2.45, 2.75) is 39.0 Å². The van der Waals surface area contributed by atoms with Gasteiger partial charge in [0.05, 0.1) is 11.7 Å². The molecular formula is C11H18ClN3S. The second-order valence-corrected chi connectivity index (χ2v) is 5.47. The zero-order valence-electron chi connectivity index (χ0n) is 9.58. The fourth-order valence-corrected chi connectivity index (χ4v) is 3.05. The van der Waals surface area contributed by atoms with Crippen molar-refractivity contribution in [1.29, 1.82) is 0 Å². The summed E-state index contributed by atoms with van der Waals surface area (Å²) in [4.78, 5) is 0. The molecule has 0 spiro atoms. The molecule has 1 aromatic rings. The molecule has 1 aliphatic rings. The number of hydrogen-bond acceptors (Lipinski definition) is 4. The number of rotatable bonds is 4. The molecule has 0 aliphatic heterocycles. The minimum Gasteiger partial charge on any atom is -0.366 e. The first kappa shape index (κ1) is 12.1. The van der Waals surface area contributed by atoms with Crippen LogP contribution in [0.1, 0.15) is 39.0 Å². The molecule has 5 heteroatoms. The number of aromatic nitrogens is 2. The van der Waals surface area contributed by atoms with E-state index in [1.165, 1.54) is 32.1 Å². The van der Waals surface area contributed by atoms with E-state index in [9.17, 15) is 0 Å². The predicted octanol–water partition coefficient (Wildman–Crippen LogP) is 3.82. The molecule has 1 heterocycles. The number of halogens is 1. The zero-order valence-corrected chi connectivity index (χ0v) is 11.2. The number of anilines is 1. The normalized spacial score (nSPS) is 25.6. The molecule has 1 aliphatic carbocycles.